The molecule has 29 heavy (non-hydrogen) atoms. The number of unbranched alkanes of at least 4 members (excludes halogenated alkanes) is 5. The van der Waals surface area contributed by atoms with Gasteiger partial charge in [-0.15, -0.1) is 0 Å². The first-order valence-electron chi connectivity index (χ1n) is 9.85. The maximum Gasteiger partial charge on any atom is 0.419 e. The maximum absolute atomic E-state index is 11.2. The number of rotatable bonds is 12. The molecule has 0 saturated carbocycles. The van der Waals surface area contributed by atoms with E-state index in [0.717, 1.165) is 18.8 Å². The van der Waals surface area contributed by atoms with E-state index in [4.69, 9.17) is 15.0 Å². The van der Waals surface area contributed by atoms with Gasteiger partial charge in [0, 0.05) is 0 Å². The minimum absolute atomic E-state index is 0.320. The van der Waals surface area contributed by atoms with Crippen molar-refractivity contribution in [3.63, 3.8) is 0 Å². The zero-order chi connectivity index (χ0) is 20.7. The molecule has 0 radical (unpaired) electrons. The largest absolute Gasteiger partial charge is 0.494 e. The first-order chi connectivity index (χ1) is 14.2. The molecule has 0 saturated heterocycles. The Morgan fingerprint density at radius 2 is 1.45 bits per heavy atom. The van der Waals surface area contributed by atoms with Gasteiger partial charge in [-0.1, -0.05) is 39.0 Å². The molecule has 0 aromatic heterocycles. The van der Waals surface area contributed by atoms with E-state index in [9.17, 15) is 4.79 Å². The van der Waals surface area contributed by atoms with Crippen molar-refractivity contribution >= 4 is 23.6 Å². The van der Waals surface area contributed by atoms with Crippen LogP contribution < -0.4 is 9.47 Å². The Morgan fingerprint density at radius 1 is 0.897 bits per heavy atom. The van der Waals surface area contributed by atoms with Gasteiger partial charge in [-0.2, -0.15) is 15.0 Å². The Bertz CT molecular complexity index is 826. The molecule has 0 amide bonds. The van der Waals surface area contributed by atoms with Crippen LogP contribution in [-0.4, -0.2) is 23.6 Å². The Labute approximate surface area is 171 Å². The van der Waals surface area contributed by atoms with Crippen molar-refractivity contribution in [1.29, 1.82) is 0 Å². The van der Waals surface area contributed by atoms with Crippen molar-refractivity contribution in [2.75, 3.05) is 6.61 Å². The molecule has 7 heteroatoms. The molecular formula is C22H26N4O3. The lowest BCUT2D eigenvalue weighted by atomic mass is 10.1. The van der Waals surface area contributed by atoms with Crippen LogP contribution in [0.15, 0.2) is 58.8 Å². The summed E-state index contributed by atoms with van der Waals surface area (Å²) in [7, 11) is 0. The lowest BCUT2D eigenvalue weighted by molar-refractivity contribution is -0.130. The summed E-state index contributed by atoms with van der Waals surface area (Å²) in [6.45, 7) is 2.95. The molecule has 2 aromatic carbocycles. The second-order valence-electron chi connectivity index (χ2n) is 6.47. The summed E-state index contributed by atoms with van der Waals surface area (Å²) >= 11 is 0. The molecule has 0 heterocycles. The van der Waals surface area contributed by atoms with Gasteiger partial charge >= 0.3 is 12.2 Å². The zero-order valence-corrected chi connectivity index (χ0v) is 16.7. The number of benzene rings is 2. The molecule has 0 aliphatic rings. The number of azo groups is 1. The summed E-state index contributed by atoms with van der Waals surface area (Å²) in [5.74, 6) is 0.386. The fraction of sp³-hybridized carbons (Fsp3) is 0.364. The average Bonchev–Trinajstić information content (AvgIpc) is 2.73. The first kappa shape index (κ1) is 22.0. The van der Waals surface area contributed by atoms with E-state index in [0.29, 0.717) is 23.3 Å². The molecule has 0 aliphatic heterocycles. The van der Waals surface area contributed by atoms with E-state index < -0.39 is 5.97 Å². The molecular weight excluding hydrogens is 368 g/mol. The van der Waals surface area contributed by atoms with Crippen LogP contribution >= 0.6 is 0 Å². The minimum Gasteiger partial charge on any atom is -0.494 e. The van der Waals surface area contributed by atoms with Crippen LogP contribution in [0.25, 0.3) is 5.53 Å². The van der Waals surface area contributed by atoms with Crippen molar-refractivity contribution in [2.45, 2.75) is 45.4 Å². The highest BCUT2D eigenvalue weighted by molar-refractivity contribution is 6.21. The second-order valence-corrected chi connectivity index (χ2v) is 6.47. The van der Waals surface area contributed by atoms with Gasteiger partial charge in [-0.25, -0.2) is 4.79 Å². The first-order valence-corrected chi connectivity index (χ1v) is 9.85. The van der Waals surface area contributed by atoms with Gasteiger partial charge in [0.1, 0.15) is 11.5 Å². The molecule has 0 atom stereocenters. The summed E-state index contributed by atoms with van der Waals surface area (Å²) in [5, 5.41) is 8.33. The van der Waals surface area contributed by atoms with Gasteiger partial charge in [0.05, 0.1) is 18.0 Å². The molecule has 0 bridgehead atoms. The molecule has 0 unspecified atom stereocenters. The highest BCUT2D eigenvalue weighted by Crippen LogP contribution is 2.23. The minimum atomic E-state index is -0.763. The number of carbonyl (C=O) groups excluding carboxylic acids is 1. The van der Waals surface area contributed by atoms with Crippen molar-refractivity contribution in [2.24, 2.45) is 10.2 Å². The lowest BCUT2D eigenvalue weighted by Gasteiger charge is -2.06. The number of ether oxygens (including phenoxy) is 2. The van der Waals surface area contributed by atoms with E-state index >= 15 is 0 Å². The Kier molecular flexibility index (Phi) is 9.83. The van der Waals surface area contributed by atoms with Crippen LogP contribution in [0.3, 0.4) is 0 Å². The second kappa shape index (κ2) is 13.0. The number of hydrogen-bond acceptors (Lipinski definition) is 5. The molecule has 2 aromatic rings. The van der Waals surface area contributed by atoms with E-state index in [-0.39, 0.29) is 0 Å². The van der Waals surface area contributed by atoms with Gasteiger partial charge in [0.2, 0.25) is 0 Å². The summed E-state index contributed by atoms with van der Waals surface area (Å²) in [4.78, 5) is 13.8. The standard InChI is InChI=1S/C22H26N4O3/c1-2-3-4-5-6-7-16-28-20-12-8-18(9-13-20)25-26-19-10-14-21(15-11-19)29-22(27)17-24-23/h8-15,17H,2-7,16H2,1H3/b26-25+. The van der Waals surface area contributed by atoms with Crippen molar-refractivity contribution in [3.05, 3.63) is 54.1 Å². The third-order valence-corrected chi connectivity index (χ3v) is 4.10. The van der Waals surface area contributed by atoms with Gasteiger partial charge in [0.15, 0.2) is 0 Å². The van der Waals surface area contributed by atoms with Gasteiger partial charge in [0.25, 0.3) is 0 Å². The van der Waals surface area contributed by atoms with Crippen LogP contribution in [0.2, 0.25) is 0 Å². The van der Waals surface area contributed by atoms with Gasteiger partial charge in [-0.3, -0.25) is 0 Å². The van der Waals surface area contributed by atoms with Crippen LogP contribution in [-0.2, 0) is 4.79 Å². The average molecular weight is 394 g/mol. The number of carbonyl (C=O) groups is 1. The summed E-state index contributed by atoms with van der Waals surface area (Å²) in [6, 6.07) is 14.0. The Hall–Kier alpha value is -3.31. The molecule has 2 rings (SSSR count). The molecule has 7 nitrogen and oxygen atoms in total. The maximum atomic E-state index is 11.2. The zero-order valence-electron chi connectivity index (χ0n) is 16.7. The number of nitrogens with zero attached hydrogens (tertiary/aromatic N) is 4. The quantitative estimate of drug-likeness (QED) is 0.109. The van der Waals surface area contributed by atoms with E-state index in [1.165, 1.54) is 32.1 Å². The molecule has 0 N–H and O–H groups in total. The van der Waals surface area contributed by atoms with Crippen LogP contribution in [0.1, 0.15) is 45.4 Å². The van der Waals surface area contributed by atoms with Crippen molar-refractivity contribution in [1.82, 2.24) is 0 Å². The molecule has 0 spiro atoms. The predicted molar refractivity (Wildman–Crippen MR) is 111 cm³/mol. The van der Waals surface area contributed by atoms with Crippen molar-refractivity contribution in [3.8, 4) is 11.5 Å². The SMILES string of the molecule is CCCCCCCCOc1ccc(/N=N/c2ccc(OC(=O)C=[N+]=[N-])cc2)cc1. The van der Waals surface area contributed by atoms with Gasteiger partial charge < -0.3 is 15.0 Å². The highest BCUT2D eigenvalue weighted by Gasteiger charge is 2.05. The lowest BCUT2D eigenvalue weighted by Crippen LogP contribution is -2.09. The van der Waals surface area contributed by atoms with Crippen molar-refractivity contribution < 1.29 is 19.1 Å². The smallest absolute Gasteiger partial charge is 0.419 e. The Balaban J connectivity index is 1.76. The van der Waals surface area contributed by atoms with E-state index in [1.807, 2.05) is 24.3 Å². The fourth-order valence-electron chi connectivity index (χ4n) is 2.57. The monoisotopic (exact) mass is 394 g/mol. The third kappa shape index (κ3) is 8.95. The van der Waals surface area contributed by atoms with Crippen LogP contribution in [0.4, 0.5) is 11.4 Å². The van der Waals surface area contributed by atoms with Crippen LogP contribution in [0.5, 0.6) is 11.5 Å². The number of hydrogen-bond donors (Lipinski definition) is 0. The fourth-order valence-corrected chi connectivity index (χ4v) is 2.57. The summed E-state index contributed by atoms with van der Waals surface area (Å²) in [5.41, 5.74) is 9.61. The molecule has 152 valence electrons. The highest BCUT2D eigenvalue weighted by atomic mass is 16.5. The summed E-state index contributed by atoms with van der Waals surface area (Å²) < 4.78 is 10.7. The van der Waals surface area contributed by atoms with Crippen LogP contribution in [0, 0.1) is 0 Å². The van der Waals surface area contributed by atoms with Gasteiger partial charge in [-0.05, 0) is 55.0 Å². The predicted octanol–water partition coefficient (Wildman–Crippen LogP) is 6.05. The molecule has 0 fully saturated rings. The number of esters is 1. The van der Waals surface area contributed by atoms with E-state index in [1.54, 1.807) is 24.3 Å². The summed E-state index contributed by atoms with van der Waals surface area (Å²) in [6.07, 6.45) is 8.12. The van der Waals surface area contributed by atoms with E-state index in [2.05, 4.69) is 21.9 Å². The normalized spacial score (nSPS) is 10.5. The third-order valence-electron chi connectivity index (χ3n) is 4.10. The molecule has 0 aliphatic carbocycles. The Morgan fingerprint density at radius 3 is 2.03 bits per heavy atom. The topological polar surface area (TPSA) is 96.7 Å².